The third-order valence-corrected chi connectivity index (χ3v) is 6.09. The molecule has 29 heavy (non-hydrogen) atoms. The molecule has 1 saturated heterocycles. The first-order chi connectivity index (χ1) is 14.3. The van der Waals surface area contributed by atoms with E-state index >= 15 is 0 Å². The van der Waals surface area contributed by atoms with Crippen molar-refractivity contribution in [2.24, 2.45) is 4.99 Å². The highest BCUT2D eigenvalue weighted by molar-refractivity contribution is 5.96. The molecule has 1 aromatic rings. The summed E-state index contributed by atoms with van der Waals surface area (Å²) in [5.41, 5.74) is 5.26. The molecular formula is C25H38N4. The van der Waals surface area contributed by atoms with E-state index in [2.05, 4.69) is 64.0 Å². The van der Waals surface area contributed by atoms with Gasteiger partial charge in [0.05, 0.1) is 0 Å². The molecule has 3 aliphatic rings. The van der Waals surface area contributed by atoms with Gasteiger partial charge in [-0.1, -0.05) is 68.9 Å². The van der Waals surface area contributed by atoms with Crippen LogP contribution in [0.15, 0.2) is 47.1 Å². The predicted octanol–water partition coefficient (Wildman–Crippen LogP) is 4.74. The Morgan fingerprint density at radius 1 is 0.966 bits per heavy atom. The average Bonchev–Trinajstić information content (AvgIpc) is 2.81. The minimum absolute atomic E-state index is 0.876. The van der Waals surface area contributed by atoms with Crippen LogP contribution < -0.4 is 10.6 Å². The molecule has 2 heterocycles. The highest BCUT2D eigenvalue weighted by Crippen LogP contribution is 2.28. The first kappa shape index (κ1) is 21.8. The molecule has 4 heteroatoms. The Morgan fingerprint density at radius 2 is 1.59 bits per heavy atom. The minimum atomic E-state index is 0.876. The lowest BCUT2D eigenvalue weighted by atomic mass is 9.93. The van der Waals surface area contributed by atoms with Crippen LogP contribution in [0.4, 0.5) is 0 Å². The van der Waals surface area contributed by atoms with Gasteiger partial charge >= 0.3 is 0 Å². The summed E-state index contributed by atoms with van der Waals surface area (Å²) in [7, 11) is 1.83. The van der Waals surface area contributed by atoms with E-state index in [1.807, 2.05) is 7.05 Å². The van der Waals surface area contributed by atoms with E-state index in [0.717, 1.165) is 45.0 Å². The highest BCUT2D eigenvalue weighted by atomic mass is 15.2. The van der Waals surface area contributed by atoms with Gasteiger partial charge in [0.25, 0.3) is 0 Å². The van der Waals surface area contributed by atoms with Crippen molar-refractivity contribution in [1.29, 1.82) is 0 Å². The number of hydrogen-bond donors (Lipinski definition) is 2. The van der Waals surface area contributed by atoms with Crippen molar-refractivity contribution in [2.75, 3.05) is 33.2 Å². The lowest BCUT2D eigenvalue weighted by molar-refractivity contribution is 0.233. The number of benzene rings is 1. The van der Waals surface area contributed by atoms with Crippen molar-refractivity contribution in [3.05, 3.63) is 53.2 Å². The molecule has 0 bridgehead atoms. The number of hydrogen-bond acceptors (Lipinski definition) is 3. The van der Waals surface area contributed by atoms with Crippen molar-refractivity contribution in [3.63, 3.8) is 0 Å². The fourth-order valence-electron chi connectivity index (χ4n) is 4.22. The summed E-state index contributed by atoms with van der Waals surface area (Å²) < 4.78 is 0. The van der Waals surface area contributed by atoms with Gasteiger partial charge in [0, 0.05) is 58.0 Å². The molecule has 4 nitrogen and oxygen atoms in total. The zero-order valence-corrected chi connectivity index (χ0v) is 18.3. The molecule has 1 aromatic carbocycles. The summed E-state index contributed by atoms with van der Waals surface area (Å²) >= 11 is 0. The van der Waals surface area contributed by atoms with E-state index in [1.165, 1.54) is 60.8 Å². The Morgan fingerprint density at radius 3 is 2.14 bits per heavy atom. The van der Waals surface area contributed by atoms with Gasteiger partial charge in [-0.05, 0) is 23.6 Å². The fourth-order valence-corrected chi connectivity index (χ4v) is 4.22. The Balaban J connectivity index is 0.000000343. The molecule has 0 spiro atoms. The number of piperazine rings is 1. The summed E-state index contributed by atoms with van der Waals surface area (Å²) in [5, 5.41) is 6.69. The maximum atomic E-state index is 4.26. The van der Waals surface area contributed by atoms with E-state index in [9.17, 15) is 0 Å². The van der Waals surface area contributed by atoms with Crippen LogP contribution in [0.3, 0.4) is 0 Å². The Bertz CT molecular complexity index is 693. The summed E-state index contributed by atoms with van der Waals surface area (Å²) in [6.45, 7) is 7.62. The Kier molecular flexibility index (Phi) is 8.97. The van der Waals surface area contributed by atoms with Crippen molar-refractivity contribution in [3.8, 4) is 0 Å². The SMILES string of the molecule is C/C=C1\CC(=NC)NC=C1c1ccc(CN2CCNCC2)cc1.C1CCCCC1. The van der Waals surface area contributed by atoms with Crippen LogP contribution in [-0.2, 0) is 6.54 Å². The lowest BCUT2D eigenvalue weighted by Crippen LogP contribution is -2.42. The average molecular weight is 395 g/mol. The fraction of sp³-hybridized carbons (Fsp3) is 0.560. The van der Waals surface area contributed by atoms with Crippen LogP contribution in [0.1, 0.15) is 63.0 Å². The van der Waals surface area contributed by atoms with E-state index in [0.29, 0.717) is 0 Å². The van der Waals surface area contributed by atoms with Gasteiger partial charge in [0.1, 0.15) is 5.84 Å². The largest absolute Gasteiger partial charge is 0.350 e. The summed E-state index contributed by atoms with van der Waals surface area (Å²) in [5.74, 6) is 1.03. The standard InChI is InChI=1S/C19H26N4.C6H12/c1-3-16-12-19(20-2)22-13-18(16)17-6-4-15(5-7-17)14-23-10-8-21-9-11-23;1-2-4-6-5-3-1/h3-7,13,21H,8-12,14H2,1-2H3,(H,20,22);1-6H2/b16-3+;. The third kappa shape index (κ3) is 6.83. The second kappa shape index (κ2) is 11.9. The molecule has 1 saturated carbocycles. The van der Waals surface area contributed by atoms with Crippen molar-refractivity contribution < 1.29 is 0 Å². The van der Waals surface area contributed by atoms with E-state index in [4.69, 9.17) is 0 Å². The number of aliphatic imine (C=N–C) groups is 1. The Labute approximate surface area is 177 Å². The molecule has 158 valence electrons. The van der Waals surface area contributed by atoms with Gasteiger partial charge in [-0.15, -0.1) is 0 Å². The zero-order valence-electron chi connectivity index (χ0n) is 18.3. The minimum Gasteiger partial charge on any atom is -0.350 e. The van der Waals surface area contributed by atoms with Gasteiger partial charge in [-0.2, -0.15) is 0 Å². The Hall–Kier alpha value is -1.91. The van der Waals surface area contributed by atoms with Gasteiger partial charge in [0.2, 0.25) is 0 Å². The number of allylic oxidation sites excluding steroid dienone is 2. The molecule has 0 aromatic heterocycles. The second-order valence-electron chi connectivity index (χ2n) is 8.21. The summed E-state index contributed by atoms with van der Waals surface area (Å²) in [6, 6.07) is 9.00. The van der Waals surface area contributed by atoms with Crippen LogP contribution in [-0.4, -0.2) is 44.0 Å². The first-order valence-corrected chi connectivity index (χ1v) is 11.4. The molecule has 0 amide bonds. The quantitative estimate of drug-likeness (QED) is 0.778. The number of nitrogens with zero attached hydrogens (tertiary/aromatic N) is 2. The highest BCUT2D eigenvalue weighted by Gasteiger charge is 2.15. The molecule has 2 aliphatic heterocycles. The van der Waals surface area contributed by atoms with Crippen LogP contribution >= 0.6 is 0 Å². The number of amidine groups is 1. The van der Waals surface area contributed by atoms with Gasteiger partial charge in [-0.25, -0.2) is 0 Å². The number of rotatable bonds is 3. The maximum absolute atomic E-state index is 4.26. The van der Waals surface area contributed by atoms with Gasteiger partial charge < -0.3 is 10.6 Å². The molecule has 0 unspecified atom stereocenters. The first-order valence-electron chi connectivity index (χ1n) is 11.4. The normalized spacial score (nSPS) is 23.2. The molecule has 0 atom stereocenters. The van der Waals surface area contributed by atoms with Crippen molar-refractivity contribution in [2.45, 2.75) is 58.4 Å². The van der Waals surface area contributed by atoms with E-state index in [-0.39, 0.29) is 0 Å². The molecule has 1 aliphatic carbocycles. The van der Waals surface area contributed by atoms with Crippen LogP contribution in [0.25, 0.3) is 5.57 Å². The predicted molar refractivity (Wildman–Crippen MR) is 125 cm³/mol. The van der Waals surface area contributed by atoms with Crippen LogP contribution in [0.2, 0.25) is 0 Å². The molecule has 2 N–H and O–H groups in total. The van der Waals surface area contributed by atoms with E-state index < -0.39 is 0 Å². The van der Waals surface area contributed by atoms with Gasteiger partial charge in [0.15, 0.2) is 0 Å². The zero-order chi connectivity index (χ0) is 20.3. The van der Waals surface area contributed by atoms with Crippen LogP contribution in [0, 0.1) is 0 Å². The molecular weight excluding hydrogens is 356 g/mol. The smallest absolute Gasteiger partial charge is 0.104 e. The second-order valence-corrected chi connectivity index (χ2v) is 8.21. The van der Waals surface area contributed by atoms with Gasteiger partial charge in [-0.3, -0.25) is 9.89 Å². The molecule has 0 radical (unpaired) electrons. The molecule has 2 fully saturated rings. The van der Waals surface area contributed by atoms with Crippen molar-refractivity contribution >= 4 is 11.4 Å². The lowest BCUT2D eigenvalue weighted by Gasteiger charge is -2.27. The molecule has 4 rings (SSSR count). The topological polar surface area (TPSA) is 39.7 Å². The number of nitrogens with one attached hydrogen (secondary N) is 2. The third-order valence-electron chi connectivity index (χ3n) is 6.09. The maximum Gasteiger partial charge on any atom is 0.104 e. The van der Waals surface area contributed by atoms with E-state index in [1.54, 1.807) is 0 Å². The summed E-state index contributed by atoms with van der Waals surface area (Å²) in [6.07, 6.45) is 14.1. The van der Waals surface area contributed by atoms with Crippen LogP contribution in [0.5, 0.6) is 0 Å². The summed E-state index contributed by atoms with van der Waals surface area (Å²) in [4.78, 5) is 6.77. The monoisotopic (exact) mass is 394 g/mol. The van der Waals surface area contributed by atoms with Crippen molar-refractivity contribution in [1.82, 2.24) is 15.5 Å².